The highest BCUT2D eigenvalue weighted by molar-refractivity contribution is 6.08. The zero-order chi connectivity index (χ0) is 14.3. The van der Waals surface area contributed by atoms with Gasteiger partial charge in [-0.2, -0.15) is 0 Å². The van der Waals surface area contributed by atoms with E-state index in [0.29, 0.717) is 18.4 Å². The molecule has 5 nitrogen and oxygen atoms in total. The molecule has 0 aliphatic heterocycles. The van der Waals surface area contributed by atoms with E-state index >= 15 is 0 Å². The van der Waals surface area contributed by atoms with Gasteiger partial charge in [-0.05, 0) is 12.8 Å². The molecule has 1 atom stereocenters. The normalized spacial score (nSPS) is 11.8. The number of carboxylic acid groups (broad SMARTS) is 2. The van der Waals surface area contributed by atoms with Crippen molar-refractivity contribution in [1.82, 2.24) is 0 Å². The Kier molecular flexibility index (Phi) is 5.73. The van der Waals surface area contributed by atoms with Gasteiger partial charge in [0.2, 0.25) is 0 Å². The van der Waals surface area contributed by atoms with Crippen molar-refractivity contribution in [2.75, 3.05) is 0 Å². The number of carbonyl (C=O) groups excluding carboxylic acids is 1. The number of hydrogen-bond donors (Lipinski definition) is 2. The third kappa shape index (κ3) is 4.91. The second-order valence-electron chi connectivity index (χ2n) is 4.26. The number of unbranched alkanes of at least 4 members (excludes halogenated alkanes) is 1. The number of aliphatic carboxylic acids is 2. The topological polar surface area (TPSA) is 91.7 Å². The molecule has 0 spiro atoms. The first kappa shape index (κ1) is 14.9. The van der Waals surface area contributed by atoms with Crippen LogP contribution in [0.3, 0.4) is 0 Å². The Hall–Kier alpha value is -2.17. The fourth-order valence-electron chi connectivity index (χ4n) is 1.80. The number of carbonyl (C=O) groups is 3. The molecule has 0 aliphatic rings. The third-order valence-corrected chi connectivity index (χ3v) is 2.81. The molecule has 2 N–H and O–H groups in total. The lowest BCUT2D eigenvalue weighted by Crippen LogP contribution is -2.24. The van der Waals surface area contributed by atoms with E-state index in [1.807, 2.05) is 0 Å². The summed E-state index contributed by atoms with van der Waals surface area (Å²) in [6.45, 7) is 0. The average molecular weight is 264 g/mol. The van der Waals surface area contributed by atoms with Crippen LogP contribution in [0.2, 0.25) is 0 Å². The first-order chi connectivity index (χ1) is 9.02. The summed E-state index contributed by atoms with van der Waals surface area (Å²) in [5.41, 5.74) is 0.369. The van der Waals surface area contributed by atoms with Crippen LogP contribution in [-0.4, -0.2) is 27.9 Å². The summed E-state index contributed by atoms with van der Waals surface area (Å²) in [6.07, 6.45) is 0.936. The van der Waals surface area contributed by atoms with E-state index in [-0.39, 0.29) is 12.8 Å². The zero-order valence-corrected chi connectivity index (χ0v) is 10.4. The van der Waals surface area contributed by atoms with E-state index in [4.69, 9.17) is 10.2 Å². The fourth-order valence-corrected chi connectivity index (χ4v) is 1.80. The average Bonchev–Trinajstić information content (AvgIpc) is 2.38. The highest BCUT2D eigenvalue weighted by Crippen LogP contribution is 2.16. The van der Waals surface area contributed by atoms with Crippen LogP contribution in [0.1, 0.15) is 36.0 Å². The Morgan fingerprint density at radius 3 is 2.16 bits per heavy atom. The molecule has 102 valence electrons. The maximum atomic E-state index is 12.0. The van der Waals surface area contributed by atoms with Gasteiger partial charge in [0.1, 0.15) is 5.92 Å². The number of Topliss-reactive ketones (excluding diaryl/α,β-unsaturated/α-hetero) is 1. The second kappa shape index (κ2) is 7.31. The molecule has 0 heterocycles. The summed E-state index contributed by atoms with van der Waals surface area (Å²) in [5, 5.41) is 17.6. The Bertz CT molecular complexity index is 452. The van der Waals surface area contributed by atoms with Crippen LogP contribution >= 0.6 is 0 Å². The van der Waals surface area contributed by atoms with Gasteiger partial charge in [-0.1, -0.05) is 36.8 Å². The molecule has 1 rings (SSSR count). The van der Waals surface area contributed by atoms with E-state index < -0.39 is 23.6 Å². The van der Waals surface area contributed by atoms with Crippen LogP contribution < -0.4 is 0 Å². The van der Waals surface area contributed by atoms with E-state index in [2.05, 4.69) is 0 Å². The number of benzene rings is 1. The molecule has 1 aromatic carbocycles. The van der Waals surface area contributed by atoms with Crippen molar-refractivity contribution in [3.05, 3.63) is 35.9 Å². The molecule has 0 aliphatic carbocycles. The molecule has 0 saturated carbocycles. The van der Waals surface area contributed by atoms with Gasteiger partial charge in [0.25, 0.3) is 0 Å². The van der Waals surface area contributed by atoms with Gasteiger partial charge in [0.05, 0.1) is 0 Å². The fraction of sp³-hybridized carbons (Fsp3) is 0.357. The zero-order valence-electron chi connectivity index (χ0n) is 10.4. The van der Waals surface area contributed by atoms with Gasteiger partial charge in [-0.25, -0.2) is 0 Å². The van der Waals surface area contributed by atoms with Crippen LogP contribution in [0.4, 0.5) is 0 Å². The maximum absolute atomic E-state index is 12.0. The standard InChI is InChI=1S/C14H16O5/c15-12(16)9-5-4-8-11(14(18)19)13(17)10-6-2-1-3-7-10/h1-3,6-7,11H,4-5,8-9H2,(H,15,16)(H,18,19). The molecule has 0 saturated heterocycles. The van der Waals surface area contributed by atoms with Crippen molar-refractivity contribution in [3.8, 4) is 0 Å². The first-order valence-electron chi connectivity index (χ1n) is 6.06. The highest BCUT2D eigenvalue weighted by atomic mass is 16.4. The molecule has 5 heteroatoms. The molecule has 0 aromatic heterocycles. The van der Waals surface area contributed by atoms with E-state index in [1.54, 1.807) is 30.3 Å². The van der Waals surface area contributed by atoms with Gasteiger partial charge in [0.15, 0.2) is 5.78 Å². The van der Waals surface area contributed by atoms with Crippen LogP contribution in [-0.2, 0) is 9.59 Å². The Labute approximate surface area is 110 Å². The predicted molar refractivity (Wildman–Crippen MR) is 68.0 cm³/mol. The Morgan fingerprint density at radius 1 is 1.00 bits per heavy atom. The molecular formula is C14H16O5. The van der Waals surface area contributed by atoms with Crippen molar-refractivity contribution >= 4 is 17.7 Å². The minimum atomic E-state index is -1.16. The minimum Gasteiger partial charge on any atom is -0.481 e. The Balaban J connectivity index is 2.60. The SMILES string of the molecule is O=C(O)CCCCC(C(=O)O)C(=O)c1ccccc1. The summed E-state index contributed by atoms with van der Waals surface area (Å²) in [4.78, 5) is 33.5. The smallest absolute Gasteiger partial charge is 0.314 e. The number of carboxylic acids is 2. The van der Waals surface area contributed by atoms with Gasteiger partial charge < -0.3 is 10.2 Å². The minimum absolute atomic E-state index is 0.00807. The monoisotopic (exact) mass is 264 g/mol. The number of hydrogen-bond acceptors (Lipinski definition) is 3. The Morgan fingerprint density at radius 2 is 1.63 bits per heavy atom. The lowest BCUT2D eigenvalue weighted by atomic mass is 9.92. The molecule has 0 fully saturated rings. The van der Waals surface area contributed by atoms with Crippen molar-refractivity contribution in [2.45, 2.75) is 25.7 Å². The van der Waals surface area contributed by atoms with Gasteiger partial charge in [0, 0.05) is 12.0 Å². The van der Waals surface area contributed by atoms with Crippen molar-refractivity contribution in [2.24, 2.45) is 5.92 Å². The van der Waals surface area contributed by atoms with E-state index in [1.165, 1.54) is 0 Å². The largest absolute Gasteiger partial charge is 0.481 e. The summed E-state index contributed by atoms with van der Waals surface area (Å²) in [5.74, 6) is -3.61. The quantitative estimate of drug-likeness (QED) is 0.426. The van der Waals surface area contributed by atoms with Crippen LogP contribution in [0, 0.1) is 5.92 Å². The van der Waals surface area contributed by atoms with Crippen molar-refractivity contribution < 1.29 is 24.6 Å². The lowest BCUT2D eigenvalue weighted by molar-refractivity contribution is -0.140. The van der Waals surface area contributed by atoms with Crippen LogP contribution in [0.25, 0.3) is 0 Å². The highest BCUT2D eigenvalue weighted by Gasteiger charge is 2.26. The molecule has 0 bridgehead atoms. The lowest BCUT2D eigenvalue weighted by Gasteiger charge is -2.10. The van der Waals surface area contributed by atoms with Crippen molar-refractivity contribution in [3.63, 3.8) is 0 Å². The summed E-state index contributed by atoms with van der Waals surface area (Å²) < 4.78 is 0. The van der Waals surface area contributed by atoms with Crippen LogP contribution in [0.15, 0.2) is 30.3 Å². The molecule has 0 radical (unpaired) electrons. The number of rotatable bonds is 8. The van der Waals surface area contributed by atoms with E-state index in [9.17, 15) is 14.4 Å². The van der Waals surface area contributed by atoms with Gasteiger partial charge in [-0.3, -0.25) is 14.4 Å². The van der Waals surface area contributed by atoms with Gasteiger partial charge >= 0.3 is 11.9 Å². The summed E-state index contributed by atoms with van der Waals surface area (Å²) in [7, 11) is 0. The summed E-state index contributed by atoms with van der Waals surface area (Å²) in [6, 6.07) is 8.26. The second-order valence-corrected chi connectivity index (χ2v) is 4.26. The van der Waals surface area contributed by atoms with Crippen molar-refractivity contribution in [1.29, 1.82) is 0 Å². The molecule has 1 unspecified atom stereocenters. The number of ketones is 1. The molecule has 0 amide bonds. The molecule has 1 aromatic rings. The van der Waals surface area contributed by atoms with Crippen LogP contribution in [0.5, 0.6) is 0 Å². The predicted octanol–water partition coefficient (Wildman–Crippen LogP) is 2.22. The first-order valence-corrected chi connectivity index (χ1v) is 6.06. The summed E-state index contributed by atoms with van der Waals surface area (Å²) >= 11 is 0. The maximum Gasteiger partial charge on any atom is 0.314 e. The van der Waals surface area contributed by atoms with E-state index in [0.717, 1.165) is 0 Å². The van der Waals surface area contributed by atoms with Gasteiger partial charge in [-0.15, -0.1) is 0 Å². The molecular weight excluding hydrogens is 248 g/mol. The molecule has 19 heavy (non-hydrogen) atoms. The third-order valence-electron chi connectivity index (χ3n) is 2.81.